The summed E-state index contributed by atoms with van der Waals surface area (Å²) in [7, 11) is 0. The van der Waals surface area contributed by atoms with E-state index in [1.54, 1.807) is 48.5 Å². The number of thiocarbonyl (C=S) groups is 1. The van der Waals surface area contributed by atoms with Crippen molar-refractivity contribution in [3.63, 3.8) is 0 Å². The van der Waals surface area contributed by atoms with Crippen molar-refractivity contribution in [3.8, 4) is 5.75 Å². The molecular formula is C22H23F3N4O3S. The van der Waals surface area contributed by atoms with Crippen LogP contribution < -0.4 is 20.3 Å². The van der Waals surface area contributed by atoms with Crippen LogP contribution in [0, 0.1) is 0 Å². The number of carbonyl (C=O) groups is 2. The van der Waals surface area contributed by atoms with Crippen molar-refractivity contribution in [2.75, 3.05) is 43.0 Å². The molecule has 0 aliphatic carbocycles. The van der Waals surface area contributed by atoms with Crippen molar-refractivity contribution in [2.45, 2.75) is 13.1 Å². The van der Waals surface area contributed by atoms with E-state index < -0.39 is 12.1 Å². The average molecular weight is 481 g/mol. The number of ether oxygens (including phenoxy) is 1. The number of rotatable bonds is 5. The number of hydrogen-bond acceptors (Lipinski definition) is 5. The lowest BCUT2D eigenvalue weighted by molar-refractivity contribution is -0.185. The molecule has 0 radical (unpaired) electrons. The largest absolute Gasteiger partial charge is 0.494 e. The molecule has 0 unspecified atom stereocenters. The highest BCUT2D eigenvalue weighted by Crippen LogP contribution is 2.23. The van der Waals surface area contributed by atoms with Crippen LogP contribution in [0.1, 0.15) is 17.3 Å². The summed E-state index contributed by atoms with van der Waals surface area (Å²) < 4.78 is 43.1. The molecule has 1 heterocycles. The van der Waals surface area contributed by atoms with Gasteiger partial charge in [0.2, 0.25) is 0 Å². The second-order valence-electron chi connectivity index (χ2n) is 7.19. The summed E-state index contributed by atoms with van der Waals surface area (Å²) >= 11 is 5.21. The first kappa shape index (κ1) is 24.3. The molecule has 3 rings (SSSR count). The van der Waals surface area contributed by atoms with E-state index in [9.17, 15) is 22.8 Å². The van der Waals surface area contributed by atoms with Gasteiger partial charge in [-0.15, -0.1) is 0 Å². The zero-order chi connectivity index (χ0) is 24.0. The fourth-order valence-corrected chi connectivity index (χ4v) is 3.54. The standard InChI is InChI=1S/C22H23F3N4O3S/c1-2-32-18-5-3-4-15(14-18)19(30)27-21(33)26-16-6-8-17(9-7-16)28-10-12-29(13-11-28)20(31)22(23,24)25/h3-9,14H,2,10-13H2,1H3,(H2,26,27,30,33). The number of piperazine rings is 1. The third-order valence-electron chi connectivity index (χ3n) is 4.93. The predicted molar refractivity (Wildman–Crippen MR) is 123 cm³/mol. The van der Waals surface area contributed by atoms with Gasteiger partial charge < -0.3 is 19.9 Å². The van der Waals surface area contributed by atoms with Crippen LogP contribution in [0.5, 0.6) is 5.75 Å². The van der Waals surface area contributed by atoms with Gasteiger partial charge in [-0.2, -0.15) is 13.2 Å². The summed E-state index contributed by atoms with van der Waals surface area (Å²) in [6, 6.07) is 13.8. The summed E-state index contributed by atoms with van der Waals surface area (Å²) in [6.45, 7) is 2.93. The summed E-state index contributed by atoms with van der Waals surface area (Å²) in [5.41, 5.74) is 1.85. The monoisotopic (exact) mass is 480 g/mol. The van der Waals surface area contributed by atoms with E-state index in [4.69, 9.17) is 17.0 Å². The molecule has 0 spiro atoms. The molecule has 0 bridgehead atoms. The molecule has 1 aliphatic rings. The molecule has 2 aromatic rings. The summed E-state index contributed by atoms with van der Waals surface area (Å²) in [6.07, 6.45) is -4.85. The van der Waals surface area contributed by atoms with Crippen LogP contribution in [0.25, 0.3) is 0 Å². The van der Waals surface area contributed by atoms with E-state index in [-0.39, 0.29) is 24.1 Å². The molecule has 0 saturated carbocycles. The number of nitrogens with one attached hydrogen (secondary N) is 2. The minimum absolute atomic E-state index is 0.00103. The molecule has 1 saturated heterocycles. The van der Waals surface area contributed by atoms with Crippen molar-refractivity contribution >= 4 is 40.5 Å². The number of amides is 2. The van der Waals surface area contributed by atoms with Gasteiger partial charge in [-0.1, -0.05) is 6.07 Å². The number of benzene rings is 2. The summed E-state index contributed by atoms with van der Waals surface area (Å²) in [5.74, 6) is -1.60. The van der Waals surface area contributed by atoms with E-state index in [1.807, 2.05) is 11.8 Å². The van der Waals surface area contributed by atoms with Gasteiger partial charge in [0.25, 0.3) is 5.91 Å². The van der Waals surface area contributed by atoms with Crippen molar-refractivity contribution in [2.24, 2.45) is 0 Å². The number of alkyl halides is 3. The van der Waals surface area contributed by atoms with Crippen LogP contribution in [0.2, 0.25) is 0 Å². The Balaban J connectivity index is 1.51. The Morgan fingerprint density at radius 1 is 1.06 bits per heavy atom. The first-order chi connectivity index (χ1) is 15.7. The second-order valence-corrected chi connectivity index (χ2v) is 7.60. The number of halogens is 3. The van der Waals surface area contributed by atoms with Gasteiger partial charge >= 0.3 is 12.1 Å². The molecule has 33 heavy (non-hydrogen) atoms. The Morgan fingerprint density at radius 3 is 2.33 bits per heavy atom. The molecule has 1 fully saturated rings. The fraction of sp³-hybridized carbons (Fsp3) is 0.318. The minimum atomic E-state index is -4.85. The molecule has 176 valence electrons. The highest BCUT2D eigenvalue weighted by atomic mass is 32.1. The molecule has 1 aliphatic heterocycles. The maximum atomic E-state index is 12.6. The van der Waals surface area contributed by atoms with Crippen LogP contribution in [-0.4, -0.2) is 60.8 Å². The van der Waals surface area contributed by atoms with Crippen molar-refractivity contribution < 1.29 is 27.5 Å². The van der Waals surface area contributed by atoms with Gasteiger partial charge in [-0.25, -0.2) is 0 Å². The second kappa shape index (κ2) is 10.5. The van der Waals surface area contributed by atoms with Crippen LogP contribution in [-0.2, 0) is 4.79 Å². The van der Waals surface area contributed by atoms with E-state index in [2.05, 4.69) is 10.6 Å². The van der Waals surface area contributed by atoms with Gasteiger partial charge in [0.1, 0.15) is 5.75 Å². The first-order valence-corrected chi connectivity index (χ1v) is 10.6. The molecule has 2 N–H and O–H groups in total. The zero-order valence-corrected chi connectivity index (χ0v) is 18.6. The molecule has 7 nitrogen and oxygen atoms in total. The van der Waals surface area contributed by atoms with Gasteiger partial charge in [-0.05, 0) is 61.6 Å². The third-order valence-corrected chi connectivity index (χ3v) is 5.14. The third kappa shape index (κ3) is 6.58. The highest BCUT2D eigenvalue weighted by molar-refractivity contribution is 7.80. The van der Waals surface area contributed by atoms with Crippen LogP contribution in [0.4, 0.5) is 24.5 Å². The number of hydrogen-bond donors (Lipinski definition) is 2. The van der Waals surface area contributed by atoms with Gasteiger partial charge in [0.15, 0.2) is 5.11 Å². The minimum Gasteiger partial charge on any atom is -0.494 e. The van der Waals surface area contributed by atoms with Crippen LogP contribution in [0.15, 0.2) is 48.5 Å². The summed E-state index contributed by atoms with van der Waals surface area (Å²) in [5, 5.41) is 5.65. The van der Waals surface area contributed by atoms with E-state index >= 15 is 0 Å². The maximum absolute atomic E-state index is 12.6. The van der Waals surface area contributed by atoms with E-state index in [0.717, 1.165) is 10.6 Å². The Hall–Kier alpha value is -3.34. The lowest BCUT2D eigenvalue weighted by Gasteiger charge is -2.36. The van der Waals surface area contributed by atoms with Gasteiger partial charge in [-0.3, -0.25) is 14.9 Å². The smallest absolute Gasteiger partial charge is 0.471 e. The molecule has 0 aromatic heterocycles. The lowest BCUT2D eigenvalue weighted by Crippen LogP contribution is -2.52. The quantitative estimate of drug-likeness (QED) is 0.639. The number of anilines is 2. The zero-order valence-electron chi connectivity index (χ0n) is 17.8. The molecular weight excluding hydrogens is 457 g/mol. The predicted octanol–water partition coefficient (Wildman–Crippen LogP) is 3.42. The van der Waals surface area contributed by atoms with E-state index in [1.165, 1.54) is 0 Å². The molecule has 2 aromatic carbocycles. The van der Waals surface area contributed by atoms with Gasteiger partial charge in [0.05, 0.1) is 6.61 Å². The lowest BCUT2D eigenvalue weighted by atomic mass is 10.2. The number of nitrogens with zero attached hydrogens (tertiary/aromatic N) is 2. The Morgan fingerprint density at radius 2 is 1.73 bits per heavy atom. The van der Waals surface area contributed by atoms with Crippen LogP contribution >= 0.6 is 12.2 Å². The Kier molecular flexibility index (Phi) is 7.75. The first-order valence-electron chi connectivity index (χ1n) is 10.2. The average Bonchev–Trinajstić information content (AvgIpc) is 2.79. The highest BCUT2D eigenvalue weighted by Gasteiger charge is 2.43. The van der Waals surface area contributed by atoms with Crippen molar-refractivity contribution in [3.05, 3.63) is 54.1 Å². The van der Waals surface area contributed by atoms with Crippen LogP contribution in [0.3, 0.4) is 0 Å². The summed E-state index contributed by atoms with van der Waals surface area (Å²) in [4.78, 5) is 26.5. The van der Waals surface area contributed by atoms with Gasteiger partial charge in [0, 0.05) is 43.1 Å². The topological polar surface area (TPSA) is 73.9 Å². The Bertz CT molecular complexity index is 1010. The van der Waals surface area contributed by atoms with Crippen molar-refractivity contribution in [1.29, 1.82) is 0 Å². The maximum Gasteiger partial charge on any atom is 0.471 e. The normalized spacial score (nSPS) is 13.9. The van der Waals surface area contributed by atoms with E-state index in [0.29, 0.717) is 36.7 Å². The van der Waals surface area contributed by atoms with Crippen molar-refractivity contribution in [1.82, 2.24) is 10.2 Å². The SMILES string of the molecule is CCOc1cccc(C(=O)NC(=S)Nc2ccc(N3CCN(C(=O)C(F)(F)F)CC3)cc2)c1. The molecule has 11 heteroatoms. The molecule has 2 amide bonds. The Labute approximate surface area is 194 Å². The molecule has 0 atom stereocenters. The number of carbonyl (C=O) groups excluding carboxylic acids is 2. The fourth-order valence-electron chi connectivity index (χ4n) is 3.33.